The minimum Gasteiger partial charge on any atom is -0.325 e. The molecule has 2 aromatic rings. The summed E-state index contributed by atoms with van der Waals surface area (Å²) < 4.78 is 1.91. The molecule has 1 aliphatic carbocycles. The van der Waals surface area contributed by atoms with Crippen LogP contribution < -0.4 is 5.73 Å². The number of aryl methyl sites for hydroxylation is 1. The zero-order chi connectivity index (χ0) is 13.9. The molecule has 0 aromatic carbocycles. The van der Waals surface area contributed by atoms with E-state index in [1.807, 2.05) is 17.7 Å². The van der Waals surface area contributed by atoms with Crippen LogP contribution in [-0.2, 0) is 6.54 Å². The van der Waals surface area contributed by atoms with Crippen LogP contribution in [0.4, 0.5) is 0 Å². The Morgan fingerprint density at radius 3 is 2.90 bits per heavy atom. The van der Waals surface area contributed by atoms with E-state index < -0.39 is 0 Å². The predicted octanol–water partition coefficient (Wildman–Crippen LogP) is 1.50. The van der Waals surface area contributed by atoms with Crippen molar-refractivity contribution in [1.29, 1.82) is 0 Å². The van der Waals surface area contributed by atoms with Gasteiger partial charge in [-0.25, -0.2) is 14.6 Å². The molecular weight excluding hydrogens is 274 g/mol. The molecule has 0 spiro atoms. The lowest BCUT2D eigenvalue weighted by Crippen LogP contribution is -2.09. The molecule has 2 heterocycles. The summed E-state index contributed by atoms with van der Waals surface area (Å²) in [6.07, 6.45) is 4.77. The second-order valence-corrected chi connectivity index (χ2v) is 5.87. The highest BCUT2D eigenvalue weighted by molar-refractivity contribution is 7.99. The lowest BCUT2D eigenvalue weighted by molar-refractivity contribution is 0.423. The lowest BCUT2D eigenvalue weighted by atomic mass is 10.3. The van der Waals surface area contributed by atoms with Crippen molar-refractivity contribution in [2.24, 2.45) is 5.73 Å². The molecule has 20 heavy (non-hydrogen) atoms. The number of hydrogen-bond acceptors (Lipinski definition) is 7. The van der Waals surface area contributed by atoms with Gasteiger partial charge in [0.15, 0.2) is 5.16 Å². The summed E-state index contributed by atoms with van der Waals surface area (Å²) in [5, 5.41) is 13.4. The van der Waals surface area contributed by atoms with Crippen molar-refractivity contribution in [1.82, 2.24) is 30.2 Å². The van der Waals surface area contributed by atoms with Crippen LogP contribution in [0.1, 0.15) is 43.1 Å². The Kier molecular flexibility index (Phi) is 3.93. The highest BCUT2D eigenvalue weighted by atomic mass is 32.2. The van der Waals surface area contributed by atoms with Gasteiger partial charge in [-0.15, -0.1) is 5.10 Å². The summed E-state index contributed by atoms with van der Waals surface area (Å²) in [4.78, 5) is 8.82. The molecule has 0 radical (unpaired) electrons. The van der Waals surface area contributed by atoms with Crippen molar-refractivity contribution < 1.29 is 0 Å². The summed E-state index contributed by atoms with van der Waals surface area (Å²) in [6.45, 7) is 2.34. The van der Waals surface area contributed by atoms with Gasteiger partial charge >= 0.3 is 0 Å². The molecule has 106 valence electrons. The van der Waals surface area contributed by atoms with Crippen LogP contribution in [0.5, 0.6) is 0 Å². The van der Waals surface area contributed by atoms with Crippen molar-refractivity contribution in [2.45, 2.75) is 55.5 Å². The van der Waals surface area contributed by atoms with Gasteiger partial charge < -0.3 is 5.73 Å². The van der Waals surface area contributed by atoms with Gasteiger partial charge in [0, 0.05) is 12.2 Å². The van der Waals surface area contributed by atoms with E-state index in [0.29, 0.717) is 17.7 Å². The highest BCUT2D eigenvalue weighted by Gasteiger charge is 2.22. The van der Waals surface area contributed by atoms with Gasteiger partial charge in [0.2, 0.25) is 5.16 Å². The summed E-state index contributed by atoms with van der Waals surface area (Å²) in [5.41, 5.74) is 7.38. The molecule has 2 N–H and O–H groups in total. The second kappa shape index (κ2) is 5.84. The summed E-state index contributed by atoms with van der Waals surface area (Å²) in [7, 11) is 0. The highest BCUT2D eigenvalue weighted by Crippen LogP contribution is 2.32. The number of aromatic nitrogens is 6. The topological polar surface area (TPSA) is 95.4 Å². The number of tetrazole rings is 1. The van der Waals surface area contributed by atoms with Gasteiger partial charge in [0.05, 0.1) is 11.7 Å². The van der Waals surface area contributed by atoms with Crippen molar-refractivity contribution >= 4 is 11.8 Å². The maximum Gasteiger partial charge on any atom is 0.217 e. The Hall–Kier alpha value is -1.54. The molecule has 1 aliphatic rings. The molecule has 0 aliphatic heterocycles. The molecule has 7 nitrogen and oxygen atoms in total. The van der Waals surface area contributed by atoms with Gasteiger partial charge in [0.1, 0.15) is 0 Å². The fourth-order valence-corrected chi connectivity index (χ4v) is 3.34. The molecule has 2 aromatic heterocycles. The average Bonchev–Trinajstić information content (AvgIpc) is 3.08. The van der Waals surface area contributed by atoms with Gasteiger partial charge in [-0.05, 0) is 48.0 Å². The van der Waals surface area contributed by atoms with E-state index in [9.17, 15) is 0 Å². The maximum atomic E-state index is 5.65. The monoisotopic (exact) mass is 291 g/mol. The van der Waals surface area contributed by atoms with Crippen LogP contribution in [0.3, 0.4) is 0 Å². The van der Waals surface area contributed by atoms with E-state index in [1.54, 1.807) is 0 Å². The molecule has 3 rings (SSSR count). The Labute approximate surface area is 121 Å². The van der Waals surface area contributed by atoms with Crippen LogP contribution in [-0.4, -0.2) is 30.2 Å². The number of nitrogens with zero attached hydrogens (tertiary/aromatic N) is 6. The van der Waals surface area contributed by atoms with E-state index >= 15 is 0 Å². The maximum absolute atomic E-state index is 5.65. The van der Waals surface area contributed by atoms with Crippen LogP contribution in [0.2, 0.25) is 0 Å². The van der Waals surface area contributed by atoms with Gasteiger partial charge in [-0.3, -0.25) is 0 Å². The van der Waals surface area contributed by atoms with Crippen LogP contribution in [0.25, 0.3) is 0 Å². The Bertz CT molecular complexity index is 591. The molecule has 0 atom stereocenters. The minimum absolute atomic E-state index is 0.407. The van der Waals surface area contributed by atoms with E-state index in [1.165, 1.54) is 24.6 Å². The number of nitrogens with two attached hydrogens (primary N) is 1. The fourth-order valence-electron chi connectivity index (χ4n) is 2.47. The van der Waals surface area contributed by atoms with Gasteiger partial charge in [0.25, 0.3) is 0 Å². The van der Waals surface area contributed by atoms with E-state index in [-0.39, 0.29) is 0 Å². The van der Waals surface area contributed by atoms with Gasteiger partial charge in [-0.2, -0.15) is 0 Å². The third-order valence-electron chi connectivity index (χ3n) is 3.41. The fraction of sp³-hybridized carbons (Fsp3) is 0.583. The molecule has 8 heteroatoms. The van der Waals surface area contributed by atoms with E-state index in [0.717, 1.165) is 29.4 Å². The number of hydrogen-bond donors (Lipinski definition) is 1. The zero-order valence-corrected chi connectivity index (χ0v) is 12.2. The van der Waals surface area contributed by atoms with E-state index in [4.69, 9.17) is 5.73 Å². The third kappa shape index (κ3) is 2.80. The van der Waals surface area contributed by atoms with Crippen molar-refractivity contribution in [3.8, 4) is 0 Å². The number of rotatable bonds is 4. The summed E-state index contributed by atoms with van der Waals surface area (Å²) in [5.74, 6) is 0. The first-order chi connectivity index (χ1) is 9.76. The molecule has 1 saturated carbocycles. The Morgan fingerprint density at radius 1 is 1.35 bits per heavy atom. The first-order valence-electron chi connectivity index (χ1n) is 6.76. The van der Waals surface area contributed by atoms with Crippen molar-refractivity contribution in [3.63, 3.8) is 0 Å². The molecule has 1 fully saturated rings. The normalized spacial score (nSPS) is 15.9. The lowest BCUT2D eigenvalue weighted by Gasteiger charge is -2.10. The SMILES string of the molecule is Cc1cc(CN)nc(Sc2nnnn2C2CCCC2)n1. The first kappa shape index (κ1) is 13.4. The Balaban J connectivity index is 1.84. The van der Waals surface area contributed by atoms with Gasteiger partial charge in [-0.1, -0.05) is 12.8 Å². The molecule has 0 amide bonds. The predicted molar refractivity (Wildman–Crippen MR) is 74.1 cm³/mol. The smallest absolute Gasteiger partial charge is 0.217 e. The van der Waals surface area contributed by atoms with E-state index in [2.05, 4.69) is 25.5 Å². The quantitative estimate of drug-likeness (QED) is 0.853. The molecule has 0 bridgehead atoms. The first-order valence-corrected chi connectivity index (χ1v) is 7.58. The van der Waals surface area contributed by atoms with Crippen LogP contribution in [0, 0.1) is 6.92 Å². The Morgan fingerprint density at radius 2 is 2.15 bits per heavy atom. The van der Waals surface area contributed by atoms with Crippen molar-refractivity contribution in [2.75, 3.05) is 0 Å². The zero-order valence-electron chi connectivity index (χ0n) is 11.4. The molecule has 0 unspecified atom stereocenters. The minimum atomic E-state index is 0.407. The summed E-state index contributed by atoms with van der Waals surface area (Å²) in [6, 6.07) is 2.30. The summed E-state index contributed by atoms with van der Waals surface area (Å²) >= 11 is 1.40. The van der Waals surface area contributed by atoms with Crippen LogP contribution in [0.15, 0.2) is 16.4 Å². The van der Waals surface area contributed by atoms with Crippen LogP contribution >= 0.6 is 11.8 Å². The molecular formula is C12H17N7S. The standard InChI is InChI=1S/C12H17N7S/c1-8-6-9(7-13)15-11(14-8)20-12-16-17-18-19(12)10-4-2-3-5-10/h6,10H,2-5,7,13H2,1H3. The molecule has 0 saturated heterocycles. The average molecular weight is 291 g/mol. The van der Waals surface area contributed by atoms with Crippen molar-refractivity contribution in [3.05, 3.63) is 17.5 Å². The second-order valence-electron chi connectivity index (χ2n) is 4.93. The third-order valence-corrected chi connectivity index (χ3v) is 4.23. The largest absolute Gasteiger partial charge is 0.325 e.